The molecule has 15 heavy (non-hydrogen) atoms. The van der Waals surface area contributed by atoms with Gasteiger partial charge in [-0.05, 0) is 36.0 Å². The highest BCUT2D eigenvalue weighted by Gasteiger charge is 1.95. The molecule has 0 rings (SSSR count). The monoisotopic (exact) mass is 248 g/mol. The fraction of sp³-hybridized carbons (Fsp3) is 1.00. The van der Waals surface area contributed by atoms with Gasteiger partial charge in [0.25, 0.3) is 0 Å². The van der Waals surface area contributed by atoms with E-state index in [-0.39, 0.29) is 0 Å². The van der Waals surface area contributed by atoms with Gasteiger partial charge in [0.05, 0.1) is 0 Å². The second kappa shape index (κ2) is 12.8. The number of thioether (sulfide) groups is 1. The minimum atomic E-state index is 0.858. The minimum Gasteiger partial charge on any atom is -0.179 e. The number of unbranched alkanes of at least 4 members (excludes halogenated alkanes) is 6. The summed E-state index contributed by atoms with van der Waals surface area (Å²) < 4.78 is 0. The zero-order valence-corrected chi connectivity index (χ0v) is 12.2. The van der Waals surface area contributed by atoms with Crippen LogP contribution in [0.2, 0.25) is 0 Å². The first-order chi connectivity index (χ1) is 7.27. The van der Waals surface area contributed by atoms with Crippen LogP contribution in [0.4, 0.5) is 0 Å². The van der Waals surface area contributed by atoms with E-state index in [1.165, 1.54) is 56.5 Å². The molecule has 0 aliphatic carbocycles. The Kier molecular flexibility index (Phi) is 13.4. The Morgan fingerprint density at radius 3 is 1.93 bits per heavy atom. The maximum atomic E-state index is 4.22. The largest absolute Gasteiger partial charge is 0.179 e. The van der Waals surface area contributed by atoms with Crippen molar-refractivity contribution in [3.8, 4) is 0 Å². The molecule has 0 aromatic carbocycles. The number of hydrogen-bond donors (Lipinski definition) is 1. The van der Waals surface area contributed by atoms with Crippen LogP contribution in [0.15, 0.2) is 0 Å². The zero-order chi connectivity index (χ0) is 11.4. The van der Waals surface area contributed by atoms with E-state index in [2.05, 4.69) is 38.2 Å². The number of rotatable bonds is 11. The van der Waals surface area contributed by atoms with E-state index in [9.17, 15) is 0 Å². The van der Waals surface area contributed by atoms with Crippen molar-refractivity contribution in [2.45, 2.75) is 58.8 Å². The SMILES string of the molecule is CC(C)CSCCCCCCCCCS. The normalized spacial score (nSPS) is 11.2. The molecule has 0 N–H and O–H groups in total. The summed E-state index contributed by atoms with van der Waals surface area (Å²) in [6.07, 6.45) is 9.83. The Morgan fingerprint density at radius 2 is 1.40 bits per heavy atom. The molecule has 0 aliphatic rings. The van der Waals surface area contributed by atoms with Gasteiger partial charge < -0.3 is 0 Å². The van der Waals surface area contributed by atoms with Gasteiger partial charge in [0.1, 0.15) is 0 Å². The highest BCUT2D eigenvalue weighted by atomic mass is 32.2. The lowest BCUT2D eigenvalue weighted by Crippen LogP contribution is -1.92. The predicted octanol–water partition coefficient (Wildman–Crippen LogP) is 5.04. The summed E-state index contributed by atoms with van der Waals surface area (Å²) in [6, 6.07) is 0. The van der Waals surface area contributed by atoms with E-state index in [0.29, 0.717) is 0 Å². The minimum absolute atomic E-state index is 0.858. The van der Waals surface area contributed by atoms with Gasteiger partial charge in [-0.3, -0.25) is 0 Å². The zero-order valence-electron chi connectivity index (χ0n) is 10.5. The molecule has 0 radical (unpaired) electrons. The first-order valence-electron chi connectivity index (χ1n) is 6.46. The molecule has 0 fully saturated rings. The van der Waals surface area contributed by atoms with Crippen LogP contribution in [0, 0.1) is 5.92 Å². The lowest BCUT2D eigenvalue weighted by atomic mass is 10.1. The Balaban J connectivity index is 2.87. The van der Waals surface area contributed by atoms with Crippen LogP contribution >= 0.6 is 24.4 Å². The van der Waals surface area contributed by atoms with Crippen molar-refractivity contribution in [1.82, 2.24) is 0 Å². The van der Waals surface area contributed by atoms with Crippen LogP contribution < -0.4 is 0 Å². The van der Waals surface area contributed by atoms with Gasteiger partial charge in [0.2, 0.25) is 0 Å². The Morgan fingerprint density at radius 1 is 0.867 bits per heavy atom. The molecular weight excluding hydrogens is 220 g/mol. The fourth-order valence-corrected chi connectivity index (χ4v) is 2.79. The van der Waals surface area contributed by atoms with Gasteiger partial charge in [-0.15, -0.1) is 0 Å². The summed E-state index contributed by atoms with van der Waals surface area (Å²) in [5, 5.41) is 0. The summed E-state index contributed by atoms with van der Waals surface area (Å²) in [5.41, 5.74) is 0. The summed E-state index contributed by atoms with van der Waals surface area (Å²) in [6.45, 7) is 4.60. The average Bonchev–Trinajstić information content (AvgIpc) is 2.20. The van der Waals surface area contributed by atoms with Crippen molar-refractivity contribution in [3.63, 3.8) is 0 Å². The Hall–Kier alpha value is 0.700. The lowest BCUT2D eigenvalue weighted by Gasteiger charge is -2.04. The number of thiol groups is 1. The molecule has 0 spiro atoms. The van der Waals surface area contributed by atoms with Crippen LogP contribution in [0.25, 0.3) is 0 Å². The van der Waals surface area contributed by atoms with Crippen molar-refractivity contribution >= 4 is 24.4 Å². The van der Waals surface area contributed by atoms with Gasteiger partial charge in [0.15, 0.2) is 0 Å². The quantitative estimate of drug-likeness (QED) is 0.395. The van der Waals surface area contributed by atoms with E-state index in [4.69, 9.17) is 0 Å². The molecule has 2 heteroatoms. The first-order valence-corrected chi connectivity index (χ1v) is 8.24. The molecule has 0 saturated carbocycles. The van der Waals surface area contributed by atoms with Crippen LogP contribution in [-0.4, -0.2) is 17.3 Å². The molecule has 0 bridgehead atoms. The van der Waals surface area contributed by atoms with E-state index in [1.54, 1.807) is 0 Å². The molecule has 0 aromatic rings. The predicted molar refractivity (Wildman–Crippen MR) is 78.3 cm³/mol. The summed E-state index contributed by atoms with van der Waals surface area (Å²) in [7, 11) is 0. The molecule has 0 nitrogen and oxygen atoms in total. The van der Waals surface area contributed by atoms with Gasteiger partial charge in [-0.25, -0.2) is 0 Å². The summed E-state index contributed by atoms with van der Waals surface area (Å²) in [4.78, 5) is 0. The third-order valence-corrected chi connectivity index (χ3v) is 4.19. The molecule has 0 aromatic heterocycles. The van der Waals surface area contributed by atoms with Crippen molar-refractivity contribution in [2.75, 3.05) is 17.3 Å². The van der Waals surface area contributed by atoms with Crippen molar-refractivity contribution < 1.29 is 0 Å². The first kappa shape index (κ1) is 15.7. The lowest BCUT2D eigenvalue weighted by molar-refractivity contribution is 0.605. The van der Waals surface area contributed by atoms with Crippen LogP contribution in [-0.2, 0) is 0 Å². The van der Waals surface area contributed by atoms with Crippen molar-refractivity contribution in [3.05, 3.63) is 0 Å². The summed E-state index contributed by atoms with van der Waals surface area (Å²) >= 11 is 6.34. The topological polar surface area (TPSA) is 0 Å². The van der Waals surface area contributed by atoms with E-state index >= 15 is 0 Å². The molecular formula is C13H28S2. The molecule has 92 valence electrons. The maximum absolute atomic E-state index is 4.22. The molecule has 0 unspecified atom stereocenters. The fourth-order valence-electron chi connectivity index (χ4n) is 1.52. The van der Waals surface area contributed by atoms with Crippen molar-refractivity contribution in [2.24, 2.45) is 5.92 Å². The maximum Gasteiger partial charge on any atom is -0.00444 e. The molecule has 0 heterocycles. The molecule has 0 atom stereocenters. The Bertz CT molecular complexity index is 113. The van der Waals surface area contributed by atoms with E-state index in [0.717, 1.165) is 11.7 Å². The van der Waals surface area contributed by atoms with Crippen LogP contribution in [0.3, 0.4) is 0 Å². The van der Waals surface area contributed by atoms with Gasteiger partial charge in [0, 0.05) is 0 Å². The van der Waals surface area contributed by atoms with E-state index in [1.807, 2.05) is 0 Å². The molecule has 0 aliphatic heterocycles. The molecule has 0 saturated heterocycles. The highest BCUT2D eigenvalue weighted by molar-refractivity contribution is 7.99. The van der Waals surface area contributed by atoms with E-state index < -0.39 is 0 Å². The van der Waals surface area contributed by atoms with Crippen LogP contribution in [0.1, 0.15) is 58.8 Å². The average molecular weight is 249 g/mol. The second-order valence-electron chi connectivity index (χ2n) is 4.67. The smallest absolute Gasteiger partial charge is 0.00444 e. The standard InChI is InChI=1S/C13H28S2/c1-13(2)12-15-11-9-7-5-3-4-6-8-10-14/h13-14H,3-12H2,1-2H3. The number of hydrogen-bond acceptors (Lipinski definition) is 2. The van der Waals surface area contributed by atoms with Crippen molar-refractivity contribution in [1.29, 1.82) is 0 Å². The molecule has 0 amide bonds. The Labute approximate surface area is 106 Å². The summed E-state index contributed by atoms with van der Waals surface area (Å²) in [5.74, 6) is 4.62. The van der Waals surface area contributed by atoms with Gasteiger partial charge >= 0.3 is 0 Å². The third-order valence-electron chi connectivity index (χ3n) is 2.40. The second-order valence-corrected chi connectivity index (χ2v) is 6.26. The third kappa shape index (κ3) is 14.7. The highest BCUT2D eigenvalue weighted by Crippen LogP contribution is 2.12. The van der Waals surface area contributed by atoms with Gasteiger partial charge in [-0.1, -0.05) is 46.0 Å². The van der Waals surface area contributed by atoms with Gasteiger partial charge in [-0.2, -0.15) is 24.4 Å². The van der Waals surface area contributed by atoms with Crippen LogP contribution in [0.5, 0.6) is 0 Å².